The number of nitrogens with zero attached hydrogens (tertiary/aromatic N) is 1. The molecule has 1 rings (SSSR count). The van der Waals surface area contributed by atoms with Gasteiger partial charge in [0, 0.05) is 0 Å². The van der Waals surface area contributed by atoms with Crippen molar-refractivity contribution in [3.63, 3.8) is 0 Å². The molecule has 0 atom stereocenters. The zero-order chi connectivity index (χ0) is 11.1. The van der Waals surface area contributed by atoms with Gasteiger partial charge in [0.25, 0.3) is 5.09 Å². The number of hydrogen-bond acceptors (Lipinski definition) is 2. The van der Waals surface area contributed by atoms with E-state index in [0.29, 0.717) is 0 Å². The van der Waals surface area contributed by atoms with E-state index < -0.39 is 5.09 Å². The SMILES string of the molecule is CCc1ccc(C)c(C)c1.O=[N+]([O-])O. The Bertz CT molecular complexity index is 306. The summed E-state index contributed by atoms with van der Waals surface area (Å²) < 4.78 is 0. The molecule has 4 nitrogen and oxygen atoms in total. The third kappa shape index (κ3) is 5.13. The van der Waals surface area contributed by atoms with E-state index in [2.05, 4.69) is 39.0 Å². The Hall–Kier alpha value is -1.58. The van der Waals surface area contributed by atoms with Crippen molar-refractivity contribution in [2.24, 2.45) is 0 Å². The van der Waals surface area contributed by atoms with Crippen LogP contribution in [0.5, 0.6) is 0 Å². The molecule has 0 aliphatic rings. The maximum absolute atomic E-state index is 8.36. The van der Waals surface area contributed by atoms with Gasteiger partial charge in [-0.15, -0.1) is 10.1 Å². The van der Waals surface area contributed by atoms with Crippen molar-refractivity contribution in [2.45, 2.75) is 27.2 Å². The van der Waals surface area contributed by atoms with Gasteiger partial charge in [-0.05, 0) is 37.0 Å². The molecular weight excluding hydrogens is 182 g/mol. The topological polar surface area (TPSA) is 63.4 Å². The number of benzene rings is 1. The lowest BCUT2D eigenvalue weighted by atomic mass is 10.1. The summed E-state index contributed by atoms with van der Waals surface area (Å²) in [5, 5.41) is 13.6. The van der Waals surface area contributed by atoms with Crippen molar-refractivity contribution in [3.05, 3.63) is 45.0 Å². The molecule has 0 saturated heterocycles. The molecule has 0 bridgehead atoms. The van der Waals surface area contributed by atoms with Gasteiger partial charge >= 0.3 is 0 Å². The van der Waals surface area contributed by atoms with E-state index in [1.807, 2.05) is 0 Å². The Morgan fingerprint density at radius 3 is 2.21 bits per heavy atom. The monoisotopic (exact) mass is 197 g/mol. The second-order valence-corrected chi connectivity index (χ2v) is 3.01. The van der Waals surface area contributed by atoms with Crippen LogP contribution in [0.2, 0.25) is 0 Å². The summed E-state index contributed by atoms with van der Waals surface area (Å²) in [6.07, 6.45) is 1.14. The minimum atomic E-state index is -1.50. The van der Waals surface area contributed by atoms with Crippen LogP contribution in [0, 0.1) is 24.0 Å². The average molecular weight is 197 g/mol. The Morgan fingerprint density at radius 1 is 1.36 bits per heavy atom. The molecule has 0 radical (unpaired) electrons. The molecule has 0 saturated carbocycles. The van der Waals surface area contributed by atoms with Crippen molar-refractivity contribution in [3.8, 4) is 0 Å². The Labute approximate surface area is 83.3 Å². The minimum Gasteiger partial charge on any atom is -0.328 e. The molecular formula is C10H15NO3. The van der Waals surface area contributed by atoms with Crippen LogP contribution in [0.4, 0.5) is 0 Å². The lowest BCUT2D eigenvalue weighted by molar-refractivity contribution is -0.742. The van der Waals surface area contributed by atoms with Gasteiger partial charge < -0.3 is 5.21 Å². The van der Waals surface area contributed by atoms with Gasteiger partial charge in [0.05, 0.1) is 0 Å². The lowest BCUT2D eigenvalue weighted by Gasteiger charge is -2.01. The van der Waals surface area contributed by atoms with Crippen LogP contribution in [0.25, 0.3) is 0 Å². The van der Waals surface area contributed by atoms with Gasteiger partial charge in [-0.1, -0.05) is 25.1 Å². The smallest absolute Gasteiger partial charge is 0.291 e. The van der Waals surface area contributed by atoms with Crippen LogP contribution < -0.4 is 0 Å². The second kappa shape index (κ2) is 5.96. The molecule has 0 aliphatic heterocycles. The van der Waals surface area contributed by atoms with Crippen molar-refractivity contribution in [1.29, 1.82) is 0 Å². The second-order valence-electron chi connectivity index (χ2n) is 3.01. The minimum absolute atomic E-state index is 1.14. The van der Waals surface area contributed by atoms with Crippen LogP contribution in [0.15, 0.2) is 18.2 Å². The largest absolute Gasteiger partial charge is 0.328 e. The molecule has 0 aromatic heterocycles. The molecule has 0 heterocycles. The molecule has 1 aromatic carbocycles. The Balaban J connectivity index is 0.000000364. The fourth-order valence-corrected chi connectivity index (χ4v) is 1.02. The Morgan fingerprint density at radius 2 is 1.86 bits per heavy atom. The molecule has 0 fully saturated rings. The summed E-state index contributed by atoms with van der Waals surface area (Å²) in [6, 6.07) is 6.64. The number of rotatable bonds is 1. The first-order valence-corrected chi connectivity index (χ1v) is 4.36. The third-order valence-electron chi connectivity index (χ3n) is 1.98. The fourth-order valence-electron chi connectivity index (χ4n) is 1.02. The standard InChI is InChI=1S/C10H14.HNO3/c1-4-10-6-5-8(2)9(3)7-10;2-1(3)4/h5-7H,4H2,1-3H3;(H,2,3,4). The molecule has 1 N–H and O–H groups in total. The van der Waals surface area contributed by atoms with E-state index in [1.165, 1.54) is 16.7 Å². The van der Waals surface area contributed by atoms with Crippen molar-refractivity contribution in [1.82, 2.24) is 0 Å². The fraction of sp³-hybridized carbons (Fsp3) is 0.400. The van der Waals surface area contributed by atoms with Crippen LogP contribution in [-0.2, 0) is 6.42 Å². The van der Waals surface area contributed by atoms with E-state index in [4.69, 9.17) is 15.3 Å². The molecule has 0 spiro atoms. The first kappa shape index (κ1) is 12.4. The third-order valence-corrected chi connectivity index (χ3v) is 1.98. The highest BCUT2D eigenvalue weighted by atomic mass is 16.9. The average Bonchev–Trinajstić information content (AvgIpc) is 2.09. The zero-order valence-electron chi connectivity index (χ0n) is 8.65. The van der Waals surface area contributed by atoms with Gasteiger partial charge in [-0.25, -0.2) is 0 Å². The normalized spacial score (nSPS) is 8.79. The van der Waals surface area contributed by atoms with Crippen molar-refractivity contribution in [2.75, 3.05) is 0 Å². The molecule has 0 amide bonds. The summed E-state index contributed by atoms with van der Waals surface area (Å²) in [7, 11) is 0. The number of aryl methyl sites for hydroxylation is 3. The molecule has 0 aliphatic carbocycles. The molecule has 1 aromatic rings. The summed E-state index contributed by atoms with van der Waals surface area (Å²) in [5.41, 5.74) is 4.22. The highest BCUT2D eigenvalue weighted by Gasteiger charge is 1.92. The number of hydrogen-bond donors (Lipinski definition) is 1. The lowest BCUT2D eigenvalue weighted by Crippen LogP contribution is -1.84. The van der Waals surface area contributed by atoms with E-state index in [9.17, 15) is 0 Å². The first-order chi connectivity index (χ1) is 6.47. The maximum atomic E-state index is 8.36. The van der Waals surface area contributed by atoms with E-state index in [-0.39, 0.29) is 0 Å². The predicted molar refractivity (Wildman–Crippen MR) is 54.1 cm³/mol. The van der Waals surface area contributed by atoms with Crippen LogP contribution in [0.1, 0.15) is 23.6 Å². The Kier molecular flexibility index (Phi) is 5.29. The molecule has 14 heavy (non-hydrogen) atoms. The van der Waals surface area contributed by atoms with Gasteiger partial charge in [-0.3, -0.25) is 0 Å². The van der Waals surface area contributed by atoms with Crippen LogP contribution in [0.3, 0.4) is 0 Å². The van der Waals surface area contributed by atoms with Crippen molar-refractivity contribution >= 4 is 0 Å². The summed E-state index contributed by atoms with van der Waals surface area (Å²) in [6.45, 7) is 6.49. The summed E-state index contributed by atoms with van der Waals surface area (Å²) >= 11 is 0. The highest BCUT2D eigenvalue weighted by Crippen LogP contribution is 2.09. The molecule has 78 valence electrons. The van der Waals surface area contributed by atoms with Crippen LogP contribution >= 0.6 is 0 Å². The van der Waals surface area contributed by atoms with E-state index in [0.717, 1.165) is 6.42 Å². The molecule has 0 unspecified atom stereocenters. The predicted octanol–water partition coefficient (Wildman–Crippen LogP) is 2.52. The molecule has 4 heteroatoms. The van der Waals surface area contributed by atoms with Crippen LogP contribution in [-0.4, -0.2) is 10.3 Å². The summed E-state index contributed by atoms with van der Waals surface area (Å²) in [5.74, 6) is 0. The quantitative estimate of drug-likeness (QED) is 0.555. The van der Waals surface area contributed by atoms with Gasteiger partial charge in [0.2, 0.25) is 0 Å². The summed E-state index contributed by atoms with van der Waals surface area (Å²) in [4.78, 5) is 8.36. The van der Waals surface area contributed by atoms with Gasteiger partial charge in [0.15, 0.2) is 0 Å². The first-order valence-electron chi connectivity index (χ1n) is 4.36. The van der Waals surface area contributed by atoms with E-state index >= 15 is 0 Å². The van der Waals surface area contributed by atoms with E-state index in [1.54, 1.807) is 0 Å². The highest BCUT2D eigenvalue weighted by molar-refractivity contribution is 5.29. The zero-order valence-corrected chi connectivity index (χ0v) is 8.65. The van der Waals surface area contributed by atoms with Gasteiger partial charge in [-0.2, -0.15) is 0 Å². The van der Waals surface area contributed by atoms with Crippen molar-refractivity contribution < 1.29 is 10.3 Å². The maximum Gasteiger partial charge on any atom is 0.291 e. The van der Waals surface area contributed by atoms with Gasteiger partial charge in [0.1, 0.15) is 0 Å².